The van der Waals surface area contributed by atoms with Gasteiger partial charge in [-0.3, -0.25) is 24.9 Å². The van der Waals surface area contributed by atoms with Crippen LogP contribution in [0.4, 0.5) is 11.4 Å². The van der Waals surface area contributed by atoms with Crippen LogP contribution in [0.2, 0.25) is 5.02 Å². The lowest BCUT2D eigenvalue weighted by Gasteiger charge is -2.13. The van der Waals surface area contributed by atoms with Crippen LogP contribution < -0.4 is 11.2 Å². The summed E-state index contributed by atoms with van der Waals surface area (Å²) in [6.07, 6.45) is 1.59. The van der Waals surface area contributed by atoms with Gasteiger partial charge in [-0.15, -0.1) is 0 Å². The highest BCUT2D eigenvalue weighted by molar-refractivity contribution is 6.33. The number of rotatable bonds is 5. The first-order valence-electron chi connectivity index (χ1n) is 8.48. The van der Waals surface area contributed by atoms with Crippen LogP contribution in [0.25, 0.3) is 5.69 Å². The summed E-state index contributed by atoms with van der Waals surface area (Å²) >= 11 is 6.00. The summed E-state index contributed by atoms with van der Waals surface area (Å²) in [6.45, 7) is 1.89. The molecule has 3 rings (SSSR count). The molecule has 0 atom stereocenters. The van der Waals surface area contributed by atoms with Crippen molar-refractivity contribution < 1.29 is 10.0 Å². The SMILES string of the molecule is CCc1ccccc1-n1c(O)c(C=Nc2cc([N+](=O)[O-])ccc2Cl)c(=O)[nH]c1=O. The number of para-hydroxylation sites is 1. The molecule has 9 nitrogen and oxygen atoms in total. The minimum absolute atomic E-state index is 0.0337. The second kappa shape index (κ2) is 8.11. The highest BCUT2D eigenvalue weighted by atomic mass is 35.5. The number of nitro groups is 1. The van der Waals surface area contributed by atoms with Gasteiger partial charge < -0.3 is 5.11 Å². The van der Waals surface area contributed by atoms with Crippen LogP contribution >= 0.6 is 11.6 Å². The summed E-state index contributed by atoms with van der Waals surface area (Å²) in [5, 5.41) is 21.7. The van der Waals surface area contributed by atoms with Crippen molar-refractivity contribution >= 4 is 29.2 Å². The molecule has 3 aromatic rings. The number of aromatic amines is 1. The Hall–Kier alpha value is -3.72. The van der Waals surface area contributed by atoms with Crippen LogP contribution in [0.1, 0.15) is 18.1 Å². The fourth-order valence-electron chi connectivity index (χ4n) is 2.75. The summed E-state index contributed by atoms with van der Waals surface area (Å²) in [5.74, 6) is -0.607. The average Bonchev–Trinajstić information content (AvgIpc) is 2.69. The Morgan fingerprint density at radius 1 is 1.28 bits per heavy atom. The van der Waals surface area contributed by atoms with E-state index in [-0.39, 0.29) is 22.0 Å². The third-order valence-corrected chi connectivity index (χ3v) is 4.53. The predicted molar refractivity (Wildman–Crippen MR) is 109 cm³/mol. The third-order valence-electron chi connectivity index (χ3n) is 4.21. The lowest BCUT2D eigenvalue weighted by molar-refractivity contribution is -0.384. The van der Waals surface area contributed by atoms with Gasteiger partial charge in [0.05, 0.1) is 21.3 Å². The topological polar surface area (TPSA) is 131 Å². The number of H-pyrrole nitrogens is 1. The maximum absolute atomic E-state index is 12.3. The molecule has 2 N–H and O–H groups in total. The van der Waals surface area contributed by atoms with E-state index >= 15 is 0 Å². The van der Waals surface area contributed by atoms with Gasteiger partial charge in [0, 0.05) is 18.3 Å². The van der Waals surface area contributed by atoms with Crippen LogP contribution in [0.15, 0.2) is 57.0 Å². The zero-order chi connectivity index (χ0) is 21.1. The van der Waals surface area contributed by atoms with Gasteiger partial charge in [0.15, 0.2) is 0 Å². The van der Waals surface area contributed by atoms with Crippen molar-refractivity contribution in [1.82, 2.24) is 9.55 Å². The van der Waals surface area contributed by atoms with Crippen LogP contribution in [-0.2, 0) is 6.42 Å². The van der Waals surface area contributed by atoms with Crippen molar-refractivity contribution in [3.8, 4) is 11.6 Å². The van der Waals surface area contributed by atoms with Crippen LogP contribution in [0.3, 0.4) is 0 Å². The number of nitrogens with zero attached hydrogens (tertiary/aromatic N) is 3. The Bertz CT molecular complexity index is 1250. The van der Waals surface area contributed by atoms with E-state index in [2.05, 4.69) is 9.98 Å². The predicted octanol–water partition coefficient (Wildman–Crippen LogP) is 3.11. The fraction of sp³-hybridized carbons (Fsp3) is 0.105. The minimum atomic E-state index is -0.858. The van der Waals surface area contributed by atoms with E-state index in [1.54, 1.807) is 24.3 Å². The van der Waals surface area contributed by atoms with Crippen molar-refractivity contribution in [1.29, 1.82) is 0 Å². The van der Waals surface area contributed by atoms with E-state index in [1.807, 2.05) is 6.92 Å². The van der Waals surface area contributed by atoms with Crippen molar-refractivity contribution in [2.24, 2.45) is 4.99 Å². The van der Waals surface area contributed by atoms with E-state index in [0.717, 1.165) is 22.4 Å². The van der Waals surface area contributed by atoms with Gasteiger partial charge in [-0.1, -0.05) is 36.7 Å². The van der Waals surface area contributed by atoms with Gasteiger partial charge in [-0.05, 0) is 24.1 Å². The zero-order valence-corrected chi connectivity index (χ0v) is 15.9. The van der Waals surface area contributed by atoms with Crippen molar-refractivity contribution in [2.45, 2.75) is 13.3 Å². The Kier molecular flexibility index (Phi) is 5.60. The van der Waals surface area contributed by atoms with E-state index in [0.29, 0.717) is 12.1 Å². The van der Waals surface area contributed by atoms with Crippen molar-refractivity contribution in [3.63, 3.8) is 0 Å². The number of aromatic nitrogens is 2. The zero-order valence-electron chi connectivity index (χ0n) is 15.1. The van der Waals surface area contributed by atoms with Gasteiger partial charge in [-0.25, -0.2) is 9.36 Å². The van der Waals surface area contributed by atoms with Crippen LogP contribution in [-0.4, -0.2) is 25.8 Å². The molecule has 0 amide bonds. The first-order chi connectivity index (χ1) is 13.8. The summed E-state index contributed by atoms with van der Waals surface area (Å²) in [7, 11) is 0. The molecule has 0 spiro atoms. The number of hydrogen-bond acceptors (Lipinski definition) is 6. The molecule has 0 radical (unpaired) electrons. The molecule has 148 valence electrons. The van der Waals surface area contributed by atoms with E-state index in [1.165, 1.54) is 12.1 Å². The molecule has 0 aliphatic carbocycles. The van der Waals surface area contributed by atoms with Gasteiger partial charge in [0.1, 0.15) is 5.56 Å². The van der Waals surface area contributed by atoms with Crippen LogP contribution in [0.5, 0.6) is 5.88 Å². The maximum atomic E-state index is 12.3. The molecule has 0 saturated carbocycles. The molecule has 0 bridgehead atoms. The molecule has 0 unspecified atom stereocenters. The van der Waals surface area contributed by atoms with Gasteiger partial charge in [0.25, 0.3) is 11.2 Å². The molecule has 0 fully saturated rings. The molecular weight excluding hydrogens is 400 g/mol. The smallest absolute Gasteiger partial charge is 0.335 e. The standard InChI is InChI=1S/C19H15ClN4O5/c1-2-11-5-3-4-6-16(11)23-18(26)13(17(25)22-19(23)27)10-21-15-9-12(24(28)29)7-8-14(15)20/h3-10,26H,2H2,1H3,(H,22,25,27). The Labute approximate surface area is 168 Å². The van der Waals surface area contributed by atoms with Gasteiger partial charge >= 0.3 is 5.69 Å². The summed E-state index contributed by atoms with van der Waals surface area (Å²) in [6, 6.07) is 10.6. The molecule has 29 heavy (non-hydrogen) atoms. The third kappa shape index (κ3) is 3.94. The average molecular weight is 415 g/mol. The Morgan fingerprint density at radius 3 is 2.69 bits per heavy atom. The lowest BCUT2D eigenvalue weighted by atomic mass is 10.1. The number of hydrogen-bond donors (Lipinski definition) is 2. The Morgan fingerprint density at radius 2 is 2.00 bits per heavy atom. The second-order valence-electron chi connectivity index (χ2n) is 5.97. The number of benzene rings is 2. The molecule has 0 saturated heterocycles. The van der Waals surface area contributed by atoms with Crippen molar-refractivity contribution in [2.75, 3.05) is 0 Å². The highest BCUT2D eigenvalue weighted by Crippen LogP contribution is 2.29. The summed E-state index contributed by atoms with van der Waals surface area (Å²) in [5.41, 5.74) is -0.966. The maximum Gasteiger partial charge on any atom is 0.335 e. The largest absolute Gasteiger partial charge is 0.493 e. The lowest BCUT2D eigenvalue weighted by Crippen LogP contribution is -2.31. The minimum Gasteiger partial charge on any atom is -0.493 e. The van der Waals surface area contributed by atoms with Gasteiger partial charge in [-0.2, -0.15) is 0 Å². The normalized spacial score (nSPS) is 11.1. The van der Waals surface area contributed by atoms with E-state index in [4.69, 9.17) is 11.6 Å². The first-order valence-corrected chi connectivity index (χ1v) is 8.85. The molecular formula is C19H15ClN4O5. The molecule has 1 aromatic heterocycles. The second-order valence-corrected chi connectivity index (χ2v) is 6.37. The molecule has 2 aromatic carbocycles. The number of aromatic hydroxyl groups is 1. The molecule has 0 aliphatic rings. The van der Waals surface area contributed by atoms with Gasteiger partial charge in [0.2, 0.25) is 5.88 Å². The molecule has 1 heterocycles. The number of nitro benzene ring substituents is 1. The van der Waals surface area contributed by atoms with E-state index < -0.39 is 22.1 Å². The summed E-state index contributed by atoms with van der Waals surface area (Å²) < 4.78 is 0.969. The van der Waals surface area contributed by atoms with E-state index in [9.17, 15) is 24.8 Å². The number of non-ortho nitro benzene ring substituents is 1. The summed E-state index contributed by atoms with van der Waals surface area (Å²) in [4.78, 5) is 41.0. The molecule has 0 aliphatic heterocycles. The molecule has 10 heteroatoms. The number of aliphatic imine (C=N–C) groups is 1. The first kappa shape index (κ1) is 20.0. The monoisotopic (exact) mass is 414 g/mol. The number of nitrogens with one attached hydrogen (secondary N) is 1. The Balaban J connectivity index is 2.16. The highest BCUT2D eigenvalue weighted by Gasteiger charge is 2.16. The fourth-order valence-corrected chi connectivity index (χ4v) is 2.92. The number of halogens is 1. The van der Waals surface area contributed by atoms with Crippen molar-refractivity contribution in [3.05, 3.63) is 89.6 Å². The number of aryl methyl sites for hydroxylation is 1. The van der Waals surface area contributed by atoms with Crippen LogP contribution in [0, 0.1) is 10.1 Å². The quantitative estimate of drug-likeness (QED) is 0.376.